The first-order valence-corrected chi connectivity index (χ1v) is 23.0. The number of hydrogen-bond donors (Lipinski definition) is 1. The second kappa shape index (κ2) is 14.9. The van der Waals surface area contributed by atoms with Gasteiger partial charge in [-0.3, -0.25) is 29.0 Å². The van der Waals surface area contributed by atoms with E-state index in [0.29, 0.717) is 46.7 Å². The lowest BCUT2D eigenvalue weighted by Crippen LogP contribution is -2.48. The van der Waals surface area contributed by atoms with Crippen LogP contribution < -0.4 is 14.7 Å². The van der Waals surface area contributed by atoms with E-state index in [1.54, 1.807) is 19.6 Å². The van der Waals surface area contributed by atoms with Crippen molar-refractivity contribution in [2.24, 2.45) is 11.8 Å². The number of rotatable bonds is 8. The Morgan fingerprint density at radius 2 is 1.31 bits per heavy atom. The standard InChI is InChI=1S/C56H47FN4O6/c1-32-51(55(2,3)57)47(28-48(63)58-30-37-11-5-4-10-36(37)26-40(58)31-62)67-56(32)43-27-39(61-46-19-9-15-35-13-7-17-42(50(35)46)53(61)65)24-25-44(43)59(54(56)66)29-33-20-22-38(23-21-33)60-45-18-8-14-34-12-6-16-41(49(34)45)52(60)64/h4-25,27,32,40,47,51,62H,26,28-31H2,1-3H3/t32-,40+,47+,51-,56+/m1/s1. The summed E-state index contributed by atoms with van der Waals surface area (Å²) in [6.45, 7) is 4.96. The largest absolute Gasteiger partial charge is 0.394 e. The topological polar surface area (TPSA) is 111 Å². The van der Waals surface area contributed by atoms with Gasteiger partial charge in [-0.1, -0.05) is 91.9 Å². The molecule has 0 saturated carbocycles. The van der Waals surface area contributed by atoms with E-state index in [2.05, 4.69) is 0 Å². The number of nitrogens with zero attached hydrogens (tertiary/aromatic N) is 4. The Balaban J connectivity index is 0.928. The number of carbonyl (C=O) groups is 4. The van der Waals surface area contributed by atoms with E-state index in [-0.39, 0.29) is 37.3 Å². The maximum absolute atomic E-state index is 17.0. The van der Waals surface area contributed by atoms with Crippen LogP contribution in [0.5, 0.6) is 0 Å². The van der Waals surface area contributed by atoms with Gasteiger partial charge in [0, 0.05) is 46.1 Å². The number of amides is 4. The van der Waals surface area contributed by atoms with Gasteiger partial charge < -0.3 is 19.6 Å². The third kappa shape index (κ3) is 6.00. The second-order valence-corrected chi connectivity index (χ2v) is 19.2. The van der Waals surface area contributed by atoms with Crippen molar-refractivity contribution in [3.8, 4) is 0 Å². The summed E-state index contributed by atoms with van der Waals surface area (Å²) < 4.78 is 24.1. The molecule has 5 aliphatic rings. The van der Waals surface area contributed by atoms with Crippen molar-refractivity contribution in [3.05, 3.63) is 173 Å². The molecule has 1 spiro atoms. The van der Waals surface area contributed by atoms with Crippen molar-refractivity contribution in [3.63, 3.8) is 0 Å². The van der Waals surface area contributed by atoms with E-state index in [4.69, 9.17) is 4.74 Å². The minimum Gasteiger partial charge on any atom is -0.394 e. The number of benzene rings is 7. The molecular formula is C56H47FN4O6. The Bertz CT molecular complexity index is 3260. The van der Waals surface area contributed by atoms with Gasteiger partial charge >= 0.3 is 0 Å². The Labute approximate surface area is 386 Å². The molecule has 0 aliphatic carbocycles. The molecule has 11 heteroatoms. The minimum atomic E-state index is -1.89. The summed E-state index contributed by atoms with van der Waals surface area (Å²) in [6, 6.07) is 43.5. The Morgan fingerprint density at radius 1 is 0.731 bits per heavy atom. The molecule has 334 valence electrons. The predicted molar refractivity (Wildman–Crippen MR) is 255 cm³/mol. The molecule has 1 fully saturated rings. The van der Waals surface area contributed by atoms with Crippen LogP contribution in [-0.4, -0.2) is 58.1 Å². The average molecular weight is 891 g/mol. The van der Waals surface area contributed by atoms with Crippen LogP contribution in [0.2, 0.25) is 0 Å². The fourth-order valence-electron chi connectivity index (χ4n) is 12.1. The molecule has 12 rings (SSSR count). The third-order valence-corrected chi connectivity index (χ3v) is 15.1. The molecule has 1 N–H and O–H groups in total. The van der Waals surface area contributed by atoms with E-state index >= 15 is 9.18 Å². The van der Waals surface area contributed by atoms with Crippen LogP contribution in [0.25, 0.3) is 21.5 Å². The van der Waals surface area contributed by atoms with Crippen LogP contribution in [-0.2, 0) is 39.4 Å². The summed E-state index contributed by atoms with van der Waals surface area (Å²) in [5.41, 5.74) is 4.23. The number of halogens is 1. The van der Waals surface area contributed by atoms with E-state index in [0.717, 1.165) is 49.6 Å². The van der Waals surface area contributed by atoms with Gasteiger partial charge in [-0.15, -0.1) is 0 Å². The molecule has 7 aromatic rings. The zero-order chi connectivity index (χ0) is 46.1. The van der Waals surface area contributed by atoms with Crippen molar-refractivity contribution in [1.82, 2.24) is 4.90 Å². The summed E-state index contributed by atoms with van der Waals surface area (Å²) in [5, 5.41) is 14.2. The van der Waals surface area contributed by atoms with Gasteiger partial charge in [0.25, 0.3) is 17.7 Å². The molecule has 0 radical (unpaired) electrons. The van der Waals surface area contributed by atoms with Crippen molar-refractivity contribution in [2.75, 3.05) is 21.3 Å². The van der Waals surface area contributed by atoms with Crippen LogP contribution in [0.3, 0.4) is 0 Å². The number of ether oxygens (including phenoxy) is 1. The fourth-order valence-corrected chi connectivity index (χ4v) is 12.1. The Hall–Kier alpha value is -7.21. The van der Waals surface area contributed by atoms with Gasteiger partial charge in [0.15, 0.2) is 5.60 Å². The van der Waals surface area contributed by atoms with Gasteiger partial charge in [-0.2, -0.15) is 0 Å². The first-order valence-electron chi connectivity index (χ1n) is 23.0. The predicted octanol–water partition coefficient (Wildman–Crippen LogP) is 10.1. The molecule has 5 atom stereocenters. The lowest BCUT2D eigenvalue weighted by atomic mass is 9.71. The summed E-state index contributed by atoms with van der Waals surface area (Å²) in [4.78, 5) is 65.0. The molecule has 4 amide bonds. The number of carbonyl (C=O) groups excluding carboxylic acids is 4. The van der Waals surface area contributed by atoms with Crippen LogP contribution in [0.1, 0.15) is 70.2 Å². The highest BCUT2D eigenvalue weighted by Gasteiger charge is 2.66. The second-order valence-electron chi connectivity index (χ2n) is 19.2. The maximum Gasteiger partial charge on any atom is 0.264 e. The van der Waals surface area contributed by atoms with Gasteiger partial charge in [0.2, 0.25) is 5.91 Å². The zero-order valence-electron chi connectivity index (χ0n) is 37.3. The van der Waals surface area contributed by atoms with E-state index in [1.807, 2.05) is 146 Å². The highest BCUT2D eigenvalue weighted by Crippen LogP contribution is 2.60. The SMILES string of the molecule is C[C@@H]1[C@@H](C(C)(C)F)[C@H](CC(=O)N2Cc3ccccc3C[C@H]2CO)O[C@@]12C(=O)N(Cc1ccc(N3C(=O)c4cccc5cccc3c45)cc1)c1ccc(N3C(=O)c4cccc5cccc3c45)cc12. The number of aliphatic hydroxyl groups is 1. The minimum absolute atomic E-state index is 0.112. The first kappa shape index (κ1) is 41.2. The molecule has 0 bridgehead atoms. The molecule has 0 aromatic heterocycles. The van der Waals surface area contributed by atoms with Crippen molar-refractivity contribution < 1.29 is 33.4 Å². The van der Waals surface area contributed by atoms with Crippen LogP contribution >= 0.6 is 0 Å². The number of alkyl halides is 1. The van der Waals surface area contributed by atoms with Crippen LogP contribution in [0, 0.1) is 11.8 Å². The summed E-state index contributed by atoms with van der Waals surface area (Å²) in [5.74, 6) is -2.67. The van der Waals surface area contributed by atoms with E-state index < -0.39 is 41.2 Å². The molecule has 1 saturated heterocycles. The first-order chi connectivity index (χ1) is 32.4. The number of anilines is 5. The molecule has 0 unspecified atom stereocenters. The molecule has 67 heavy (non-hydrogen) atoms. The molecule has 7 aromatic carbocycles. The van der Waals surface area contributed by atoms with Crippen molar-refractivity contribution in [1.29, 1.82) is 0 Å². The fraction of sp³-hybridized carbons (Fsp3) is 0.250. The molecular weight excluding hydrogens is 844 g/mol. The average Bonchev–Trinajstić information content (AvgIpc) is 3.98. The van der Waals surface area contributed by atoms with Gasteiger partial charge in [-0.05, 0) is 102 Å². The monoisotopic (exact) mass is 890 g/mol. The van der Waals surface area contributed by atoms with Crippen LogP contribution in [0.15, 0.2) is 140 Å². The van der Waals surface area contributed by atoms with Gasteiger partial charge in [0.05, 0.1) is 59.9 Å². The summed E-state index contributed by atoms with van der Waals surface area (Å²) in [7, 11) is 0. The highest BCUT2D eigenvalue weighted by atomic mass is 19.1. The molecule has 5 aliphatic heterocycles. The third-order valence-electron chi connectivity index (χ3n) is 15.1. The van der Waals surface area contributed by atoms with E-state index in [1.165, 1.54) is 13.8 Å². The quantitative estimate of drug-likeness (QED) is 0.163. The number of aliphatic hydroxyl groups excluding tert-OH is 1. The van der Waals surface area contributed by atoms with Crippen LogP contribution in [0.4, 0.5) is 32.8 Å². The smallest absolute Gasteiger partial charge is 0.264 e. The summed E-state index contributed by atoms with van der Waals surface area (Å²) in [6.07, 6.45) is -0.740. The number of fused-ring (bicyclic) bond motifs is 3. The van der Waals surface area contributed by atoms with Gasteiger partial charge in [-0.25, -0.2) is 4.39 Å². The summed E-state index contributed by atoms with van der Waals surface area (Å²) >= 11 is 0. The zero-order valence-corrected chi connectivity index (χ0v) is 37.3. The highest BCUT2D eigenvalue weighted by molar-refractivity contribution is 6.29. The maximum atomic E-state index is 17.0. The molecule has 5 heterocycles. The number of hydrogen-bond acceptors (Lipinski definition) is 6. The van der Waals surface area contributed by atoms with E-state index in [9.17, 15) is 19.5 Å². The Morgan fingerprint density at radius 3 is 1.93 bits per heavy atom. The Kier molecular flexibility index (Phi) is 9.17. The van der Waals surface area contributed by atoms with Crippen molar-refractivity contribution >= 4 is 73.6 Å². The normalized spacial score (nSPS) is 22.8. The lowest BCUT2D eigenvalue weighted by molar-refractivity contribution is -0.151. The lowest BCUT2D eigenvalue weighted by Gasteiger charge is -2.37. The van der Waals surface area contributed by atoms with Crippen molar-refractivity contribution in [2.45, 2.75) is 70.1 Å². The van der Waals surface area contributed by atoms with Gasteiger partial charge in [0.1, 0.15) is 5.67 Å². The molecule has 10 nitrogen and oxygen atoms in total.